The fourth-order valence-corrected chi connectivity index (χ4v) is 4.05. The van der Waals surface area contributed by atoms with Gasteiger partial charge in [0.25, 0.3) is 0 Å². The maximum absolute atomic E-state index is 13.0. The number of nitrogens with zero attached hydrogens (tertiary/aromatic N) is 3. The van der Waals surface area contributed by atoms with E-state index in [0.717, 1.165) is 5.56 Å². The van der Waals surface area contributed by atoms with Crippen LogP contribution in [0.2, 0.25) is 0 Å². The molecule has 7 nitrogen and oxygen atoms in total. The number of nitrogens with two attached hydrogens (primary N) is 1. The Bertz CT molecular complexity index is 1180. The molecular formula is C19H20N4O3S. The quantitative estimate of drug-likeness (QED) is 0.695. The van der Waals surface area contributed by atoms with E-state index < -0.39 is 14.6 Å². The van der Waals surface area contributed by atoms with Gasteiger partial charge >= 0.3 is 0 Å². The first-order valence-corrected chi connectivity index (χ1v) is 9.68. The normalized spacial score (nSPS) is 12.1. The minimum absolute atomic E-state index is 0.0997. The summed E-state index contributed by atoms with van der Waals surface area (Å²) in [5, 5.41) is 13.5. The molecule has 0 unspecified atom stereocenters. The summed E-state index contributed by atoms with van der Waals surface area (Å²) in [6.45, 7) is 4.92. The number of sulfone groups is 1. The van der Waals surface area contributed by atoms with Crippen LogP contribution in [0, 0.1) is 11.3 Å². The van der Waals surface area contributed by atoms with Crippen molar-refractivity contribution in [2.45, 2.75) is 30.4 Å². The molecule has 0 aliphatic carbocycles. The van der Waals surface area contributed by atoms with Crippen molar-refractivity contribution in [1.82, 2.24) is 9.61 Å². The van der Waals surface area contributed by atoms with Crippen molar-refractivity contribution in [2.75, 3.05) is 12.8 Å². The van der Waals surface area contributed by atoms with Crippen LogP contribution in [0.25, 0.3) is 16.6 Å². The minimum atomic E-state index is -3.65. The Hall–Kier alpha value is -3.05. The number of ether oxygens (including phenoxy) is 1. The summed E-state index contributed by atoms with van der Waals surface area (Å²) in [6.07, 6.45) is 3.16. The van der Waals surface area contributed by atoms with Crippen LogP contribution in [-0.2, 0) is 9.84 Å². The van der Waals surface area contributed by atoms with Gasteiger partial charge < -0.3 is 10.5 Å². The van der Waals surface area contributed by atoms with E-state index in [-0.39, 0.29) is 10.6 Å². The van der Waals surface area contributed by atoms with Crippen molar-refractivity contribution in [3.63, 3.8) is 0 Å². The maximum atomic E-state index is 13.0. The molecule has 0 saturated carbocycles. The highest BCUT2D eigenvalue weighted by atomic mass is 32.2. The largest absolute Gasteiger partial charge is 0.494 e. The monoisotopic (exact) mass is 384 g/mol. The molecule has 0 saturated heterocycles. The Morgan fingerprint density at radius 2 is 1.96 bits per heavy atom. The van der Waals surface area contributed by atoms with E-state index in [9.17, 15) is 13.7 Å². The molecule has 3 aromatic rings. The third-order valence-corrected chi connectivity index (χ3v) is 6.90. The number of methoxy groups -OCH3 is 1. The highest BCUT2D eigenvalue weighted by molar-refractivity contribution is 7.92. The van der Waals surface area contributed by atoms with Gasteiger partial charge in [0.2, 0.25) is 0 Å². The number of nitriles is 1. The molecule has 2 N–H and O–H groups in total. The number of pyridine rings is 1. The van der Waals surface area contributed by atoms with Crippen LogP contribution in [0.15, 0.2) is 41.6 Å². The zero-order valence-corrected chi connectivity index (χ0v) is 16.3. The summed E-state index contributed by atoms with van der Waals surface area (Å²) in [7, 11) is -2.22. The lowest BCUT2D eigenvalue weighted by Crippen LogP contribution is -2.28. The third kappa shape index (κ3) is 3.00. The average Bonchev–Trinajstić information content (AvgIpc) is 3.03. The Morgan fingerprint density at radius 3 is 2.56 bits per heavy atom. The van der Waals surface area contributed by atoms with Crippen molar-refractivity contribution < 1.29 is 13.2 Å². The first-order chi connectivity index (χ1) is 12.6. The summed E-state index contributed by atoms with van der Waals surface area (Å²) in [5.74, 6) is 0.224. The predicted molar refractivity (Wildman–Crippen MR) is 103 cm³/mol. The molecule has 140 valence electrons. The van der Waals surface area contributed by atoms with Crippen LogP contribution < -0.4 is 10.5 Å². The van der Waals surface area contributed by atoms with Crippen molar-refractivity contribution in [3.8, 4) is 22.9 Å². The second-order valence-corrected chi connectivity index (χ2v) is 9.80. The van der Waals surface area contributed by atoms with Gasteiger partial charge in [-0.25, -0.2) is 12.9 Å². The number of fused-ring (bicyclic) bond motifs is 1. The fraction of sp³-hybridized carbons (Fsp3) is 0.263. The lowest BCUT2D eigenvalue weighted by Gasteiger charge is -2.21. The molecule has 0 fully saturated rings. The minimum Gasteiger partial charge on any atom is -0.494 e. The lowest BCUT2D eigenvalue weighted by molar-refractivity contribution is 0.398. The van der Waals surface area contributed by atoms with Gasteiger partial charge in [0, 0.05) is 11.3 Å². The fourth-order valence-electron chi connectivity index (χ4n) is 2.72. The van der Waals surface area contributed by atoms with E-state index in [4.69, 9.17) is 10.5 Å². The van der Waals surface area contributed by atoms with Crippen LogP contribution in [0.3, 0.4) is 0 Å². The zero-order chi connectivity index (χ0) is 20.0. The third-order valence-electron chi connectivity index (χ3n) is 4.38. The first-order valence-electron chi connectivity index (χ1n) is 8.20. The zero-order valence-electron chi connectivity index (χ0n) is 15.5. The molecule has 0 bridgehead atoms. The van der Waals surface area contributed by atoms with Crippen molar-refractivity contribution in [1.29, 1.82) is 5.26 Å². The summed E-state index contributed by atoms with van der Waals surface area (Å²) in [4.78, 5) is 0.0997. The Labute approximate surface area is 157 Å². The SMILES string of the molecule is COc1cn2ncc(-c3ccc(N)c(C#N)c3)c2cc1S(=O)(=O)C(C)(C)C. The van der Waals surface area contributed by atoms with E-state index in [1.165, 1.54) is 7.11 Å². The number of benzene rings is 1. The number of rotatable bonds is 3. The summed E-state index contributed by atoms with van der Waals surface area (Å²) < 4.78 is 31.9. The predicted octanol–water partition coefficient (Wildman–Crippen LogP) is 3.04. The molecule has 27 heavy (non-hydrogen) atoms. The molecule has 2 heterocycles. The smallest absolute Gasteiger partial charge is 0.187 e. The molecular weight excluding hydrogens is 364 g/mol. The molecule has 1 aromatic carbocycles. The number of hydrogen-bond acceptors (Lipinski definition) is 6. The number of aromatic nitrogens is 2. The second kappa shape index (κ2) is 6.28. The van der Waals surface area contributed by atoms with Crippen LogP contribution in [0.4, 0.5) is 5.69 Å². The van der Waals surface area contributed by atoms with Crippen LogP contribution in [0.1, 0.15) is 26.3 Å². The molecule has 2 aromatic heterocycles. The number of nitrogen functional groups attached to an aromatic ring is 1. The highest BCUT2D eigenvalue weighted by Crippen LogP contribution is 2.36. The Kier molecular flexibility index (Phi) is 4.36. The molecule has 0 spiro atoms. The molecule has 0 aliphatic rings. The van der Waals surface area contributed by atoms with E-state index in [2.05, 4.69) is 11.2 Å². The second-order valence-electron chi connectivity index (χ2n) is 7.12. The van der Waals surface area contributed by atoms with Gasteiger partial charge in [0.05, 0.1) is 35.3 Å². The van der Waals surface area contributed by atoms with Crippen LogP contribution in [-0.4, -0.2) is 29.9 Å². The van der Waals surface area contributed by atoms with Gasteiger partial charge in [0.1, 0.15) is 11.0 Å². The standard InChI is InChI=1S/C19H20N4O3S/c1-19(2,3)27(24,25)18-8-16-14(10-22-23(16)11-17(18)26-4)12-5-6-15(21)13(7-12)9-20/h5-8,10-11H,21H2,1-4H3. The van der Waals surface area contributed by atoms with Gasteiger partial charge in [0.15, 0.2) is 15.6 Å². The molecule has 0 amide bonds. The van der Waals surface area contributed by atoms with Gasteiger partial charge in [-0.05, 0) is 44.5 Å². The van der Waals surface area contributed by atoms with Gasteiger partial charge in [-0.15, -0.1) is 0 Å². The van der Waals surface area contributed by atoms with E-state index in [0.29, 0.717) is 22.3 Å². The summed E-state index contributed by atoms with van der Waals surface area (Å²) in [5.41, 5.74) is 8.53. The van der Waals surface area contributed by atoms with Crippen LogP contribution in [0.5, 0.6) is 5.75 Å². The Balaban J connectivity index is 2.31. The van der Waals surface area contributed by atoms with Crippen molar-refractivity contribution in [2.24, 2.45) is 0 Å². The number of hydrogen-bond donors (Lipinski definition) is 1. The topological polar surface area (TPSA) is 110 Å². The van der Waals surface area contributed by atoms with E-state index in [1.807, 2.05) is 0 Å². The molecule has 0 aliphatic heterocycles. The molecule has 8 heteroatoms. The van der Waals surface area contributed by atoms with Crippen molar-refractivity contribution >= 4 is 21.0 Å². The summed E-state index contributed by atoms with van der Waals surface area (Å²) >= 11 is 0. The van der Waals surface area contributed by atoms with E-state index in [1.54, 1.807) is 61.9 Å². The average molecular weight is 384 g/mol. The summed E-state index contributed by atoms with van der Waals surface area (Å²) in [6, 6.07) is 8.69. The van der Waals surface area contributed by atoms with Gasteiger partial charge in [-0.1, -0.05) is 6.07 Å². The van der Waals surface area contributed by atoms with E-state index >= 15 is 0 Å². The molecule has 0 atom stereocenters. The maximum Gasteiger partial charge on any atom is 0.187 e. The van der Waals surface area contributed by atoms with Crippen molar-refractivity contribution in [3.05, 3.63) is 42.2 Å². The van der Waals surface area contributed by atoms with Crippen LogP contribution >= 0.6 is 0 Å². The first kappa shape index (κ1) is 18.7. The Morgan fingerprint density at radius 1 is 1.26 bits per heavy atom. The number of anilines is 1. The molecule has 0 radical (unpaired) electrons. The highest BCUT2D eigenvalue weighted by Gasteiger charge is 2.34. The van der Waals surface area contributed by atoms with Gasteiger partial charge in [-0.3, -0.25) is 0 Å². The molecule has 3 rings (SSSR count). The van der Waals surface area contributed by atoms with Gasteiger partial charge in [-0.2, -0.15) is 10.4 Å². The lowest BCUT2D eigenvalue weighted by atomic mass is 10.0.